The molecule has 1 N–H and O–H groups in total. The Hall–Kier alpha value is -2.54. The molecule has 0 saturated heterocycles. The maximum atomic E-state index is 10.4. The van der Waals surface area contributed by atoms with Gasteiger partial charge in [-0.05, 0) is 121 Å². The van der Waals surface area contributed by atoms with Gasteiger partial charge in [-0.1, -0.05) is 120 Å². The predicted molar refractivity (Wildman–Crippen MR) is 177 cm³/mol. The lowest BCUT2D eigenvalue weighted by Gasteiger charge is -2.29. The molecule has 2 aliphatic carbocycles. The van der Waals surface area contributed by atoms with E-state index in [2.05, 4.69) is 68.4 Å². The summed E-state index contributed by atoms with van der Waals surface area (Å²) in [6.45, 7) is 4.61. The number of benzene rings is 3. The zero-order chi connectivity index (χ0) is 28.4. The molecule has 0 aromatic heterocycles. The van der Waals surface area contributed by atoms with Crippen LogP contribution in [0, 0.1) is 11.8 Å². The molecule has 0 aliphatic heterocycles. The Labute approximate surface area is 250 Å². The van der Waals surface area contributed by atoms with Crippen LogP contribution in [0.3, 0.4) is 0 Å². The summed E-state index contributed by atoms with van der Waals surface area (Å²) in [6, 6.07) is 24.5. The summed E-state index contributed by atoms with van der Waals surface area (Å²) in [5.41, 5.74) is 7.75. The smallest absolute Gasteiger partial charge is 0.116 e. The fraction of sp³-hybridized carbons (Fsp3) is 0.550. The Morgan fingerprint density at radius 1 is 0.512 bits per heavy atom. The van der Waals surface area contributed by atoms with E-state index in [-0.39, 0.29) is 0 Å². The van der Waals surface area contributed by atoms with Gasteiger partial charge in [0.15, 0.2) is 0 Å². The van der Waals surface area contributed by atoms with E-state index < -0.39 is 0 Å². The second-order valence-corrected chi connectivity index (χ2v) is 13.4. The first-order valence-electron chi connectivity index (χ1n) is 17.2. The van der Waals surface area contributed by atoms with Gasteiger partial charge in [-0.3, -0.25) is 0 Å². The van der Waals surface area contributed by atoms with Gasteiger partial charge in [0.25, 0.3) is 0 Å². The maximum Gasteiger partial charge on any atom is 0.116 e. The molecule has 0 atom stereocenters. The van der Waals surface area contributed by atoms with E-state index in [9.17, 15) is 5.11 Å². The summed E-state index contributed by atoms with van der Waals surface area (Å²) in [5.74, 6) is 3.65. The molecule has 220 valence electrons. The zero-order valence-corrected chi connectivity index (χ0v) is 25.9. The van der Waals surface area contributed by atoms with E-state index >= 15 is 0 Å². The molecule has 0 radical (unpaired) electrons. The van der Waals surface area contributed by atoms with Crippen LogP contribution in [0.25, 0.3) is 22.3 Å². The Kier molecular flexibility index (Phi) is 11.0. The van der Waals surface area contributed by atoms with Gasteiger partial charge in [-0.15, -0.1) is 0 Å². The minimum Gasteiger partial charge on any atom is -0.508 e. The van der Waals surface area contributed by atoms with Gasteiger partial charge in [0.05, 0.1) is 0 Å². The number of unbranched alkanes of at least 4 members (excludes halogenated alkanes) is 4. The molecule has 0 heterocycles. The highest BCUT2D eigenvalue weighted by atomic mass is 16.3. The van der Waals surface area contributed by atoms with E-state index in [4.69, 9.17) is 0 Å². The fourth-order valence-electron chi connectivity index (χ4n) is 7.83. The van der Waals surface area contributed by atoms with Crippen molar-refractivity contribution in [2.45, 2.75) is 128 Å². The van der Waals surface area contributed by atoms with Crippen LogP contribution >= 0.6 is 0 Å². The lowest BCUT2D eigenvalue weighted by Crippen LogP contribution is -2.13. The second kappa shape index (κ2) is 15.1. The number of hydrogen-bond donors (Lipinski definition) is 1. The molecule has 3 aromatic rings. The van der Waals surface area contributed by atoms with Crippen molar-refractivity contribution in [1.29, 1.82) is 0 Å². The molecule has 5 rings (SSSR count). The highest BCUT2D eigenvalue weighted by Crippen LogP contribution is 2.41. The number of phenolic OH excluding ortho intramolecular Hbond substituents is 1. The van der Waals surface area contributed by atoms with Crippen LogP contribution in [0.5, 0.6) is 5.75 Å². The van der Waals surface area contributed by atoms with Crippen LogP contribution in [-0.4, -0.2) is 5.11 Å². The van der Waals surface area contributed by atoms with Gasteiger partial charge in [0.1, 0.15) is 5.75 Å². The van der Waals surface area contributed by atoms with Crippen molar-refractivity contribution in [1.82, 2.24) is 0 Å². The second-order valence-electron chi connectivity index (χ2n) is 13.4. The molecular formula is C40H54O. The highest BCUT2D eigenvalue weighted by Gasteiger charge is 2.23. The zero-order valence-electron chi connectivity index (χ0n) is 25.9. The van der Waals surface area contributed by atoms with Crippen molar-refractivity contribution in [2.75, 3.05) is 0 Å². The number of rotatable bonds is 12. The van der Waals surface area contributed by atoms with E-state index in [1.807, 2.05) is 12.1 Å². The van der Waals surface area contributed by atoms with Crippen LogP contribution in [0.1, 0.15) is 140 Å². The molecule has 2 saturated carbocycles. The van der Waals surface area contributed by atoms with Crippen LogP contribution < -0.4 is 0 Å². The monoisotopic (exact) mass is 550 g/mol. The van der Waals surface area contributed by atoms with Crippen molar-refractivity contribution in [2.24, 2.45) is 11.8 Å². The van der Waals surface area contributed by atoms with Crippen molar-refractivity contribution in [3.8, 4) is 28.0 Å². The SMILES string of the molecule is CCCCCC1CCC(c2ccc(-c3ccc(O)cc3-c3ccc(C4CCC(CCCCC)CC4)cc3)cc2)CC1. The predicted octanol–water partition coefficient (Wildman–Crippen LogP) is 12.4. The molecule has 1 nitrogen and oxygen atoms in total. The lowest BCUT2D eigenvalue weighted by atomic mass is 9.76. The summed E-state index contributed by atoms with van der Waals surface area (Å²) in [4.78, 5) is 0. The molecule has 0 amide bonds. The largest absolute Gasteiger partial charge is 0.508 e. The Morgan fingerprint density at radius 2 is 0.951 bits per heavy atom. The summed E-state index contributed by atoms with van der Waals surface area (Å²) in [7, 11) is 0. The van der Waals surface area contributed by atoms with Crippen molar-refractivity contribution < 1.29 is 5.11 Å². The molecular weight excluding hydrogens is 496 g/mol. The Bertz CT molecular complexity index is 1170. The molecule has 2 aliphatic rings. The number of phenols is 1. The van der Waals surface area contributed by atoms with Gasteiger partial charge in [0.2, 0.25) is 0 Å². The topological polar surface area (TPSA) is 20.2 Å². The molecule has 0 spiro atoms. The third-order valence-corrected chi connectivity index (χ3v) is 10.5. The van der Waals surface area contributed by atoms with Crippen molar-refractivity contribution >= 4 is 0 Å². The summed E-state index contributed by atoms with van der Waals surface area (Å²) < 4.78 is 0. The minimum atomic E-state index is 0.335. The highest BCUT2D eigenvalue weighted by molar-refractivity contribution is 5.84. The van der Waals surface area contributed by atoms with E-state index in [1.54, 1.807) is 0 Å². The lowest BCUT2D eigenvalue weighted by molar-refractivity contribution is 0.303. The first kappa shape index (κ1) is 29.9. The molecule has 1 heteroatoms. The normalized spacial score (nSPS) is 23.0. The van der Waals surface area contributed by atoms with E-state index in [0.717, 1.165) is 17.4 Å². The number of aromatic hydroxyl groups is 1. The van der Waals surface area contributed by atoms with E-state index in [0.29, 0.717) is 17.6 Å². The average molecular weight is 551 g/mol. The quantitative estimate of drug-likeness (QED) is 0.222. The Balaban J connectivity index is 1.23. The third kappa shape index (κ3) is 8.06. The van der Waals surface area contributed by atoms with Crippen LogP contribution in [-0.2, 0) is 0 Å². The summed E-state index contributed by atoms with van der Waals surface area (Å²) in [6.07, 6.45) is 22.1. The van der Waals surface area contributed by atoms with Crippen molar-refractivity contribution in [3.05, 3.63) is 77.9 Å². The first-order chi connectivity index (χ1) is 20.1. The summed E-state index contributed by atoms with van der Waals surface area (Å²) in [5, 5.41) is 10.4. The molecule has 2 fully saturated rings. The summed E-state index contributed by atoms with van der Waals surface area (Å²) >= 11 is 0. The van der Waals surface area contributed by atoms with Crippen LogP contribution in [0.4, 0.5) is 0 Å². The standard InChI is InChI=1S/C40H54O/c1-3-5-7-9-30-11-15-32(16-12-30)34-19-23-36(24-20-34)39-28-27-38(41)29-40(39)37-25-21-35(22-26-37)33-17-13-31(14-18-33)10-8-6-4-2/h19-33,41H,3-18H2,1-2H3. The molecule has 0 unspecified atom stereocenters. The van der Waals surface area contributed by atoms with Gasteiger partial charge in [-0.25, -0.2) is 0 Å². The fourth-order valence-corrected chi connectivity index (χ4v) is 7.83. The molecule has 0 bridgehead atoms. The van der Waals surface area contributed by atoms with Crippen molar-refractivity contribution in [3.63, 3.8) is 0 Å². The molecule has 3 aromatic carbocycles. The Morgan fingerprint density at radius 3 is 1.39 bits per heavy atom. The number of hydrogen-bond acceptors (Lipinski definition) is 1. The maximum absolute atomic E-state index is 10.4. The van der Waals surface area contributed by atoms with Gasteiger partial charge in [0, 0.05) is 0 Å². The third-order valence-electron chi connectivity index (χ3n) is 10.5. The average Bonchev–Trinajstić information content (AvgIpc) is 3.02. The molecule has 41 heavy (non-hydrogen) atoms. The first-order valence-corrected chi connectivity index (χ1v) is 17.2. The van der Waals surface area contributed by atoms with Gasteiger partial charge < -0.3 is 5.11 Å². The van der Waals surface area contributed by atoms with Crippen LogP contribution in [0.15, 0.2) is 66.7 Å². The van der Waals surface area contributed by atoms with E-state index in [1.165, 1.54) is 131 Å². The minimum absolute atomic E-state index is 0.335. The van der Waals surface area contributed by atoms with Gasteiger partial charge >= 0.3 is 0 Å². The van der Waals surface area contributed by atoms with Gasteiger partial charge in [-0.2, -0.15) is 0 Å². The van der Waals surface area contributed by atoms with Crippen LogP contribution in [0.2, 0.25) is 0 Å².